The third-order valence-corrected chi connectivity index (χ3v) is 3.18. The smallest absolute Gasteiger partial charge is 0.336 e. The second-order valence-corrected chi connectivity index (χ2v) is 4.47. The van der Waals surface area contributed by atoms with Crippen molar-refractivity contribution >= 4 is 29.1 Å². The standard InChI is InChI=1S/C13H11N5O2/c14-12-11(18(19)20)10(16-13(15)17-12)9-5-7-3-1-2-4-8(7)6-9/h1-5H,6H2,(H4,14,15,16,17). The highest BCUT2D eigenvalue weighted by molar-refractivity contribution is 5.91. The van der Waals surface area contributed by atoms with Gasteiger partial charge in [0, 0.05) is 6.42 Å². The van der Waals surface area contributed by atoms with Crippen LogP contribution in [-0.4, -0.2) is 14.9 Å². The number of rotatable bonds is 2. The molecule has 0 aliphatic heterocycles. The maximum Gasteiger partial charge on any atom is 0.336 e. The predicted molar refractivity (Wildman–Crippen MR) is 75.5 cm³/mol. The van der Waals surface area contributed by atoms with E-state index in [4.69, 9.17) is 11.5 Å². The fraction of sp³-hybridized carbons (Fsp3) is 0.0769. The molecule has 100 valence electrons. The third-order valence-electron chi connectivity index (χ3n) is 3.18. The summed E-state index contributed by atoms with van der Waals surface area (Å²) in [4.78, 5) is 18.2. The maximum absolute atomic E-state index is 11.2. The Bertz CT molecular complexity index is 754. The molecule has 0 radical (unpaired) electrons. The van der Waals surface area contributed by atoms with Crippen LogP contribution >= 0.6 is 0 Å². The Labute approximate surface area is 114 Å². The zero-order chi connectivity index (χ0) is 14.3. The van der Waals surface area contributed by atoms with Crippen molar-refractivity contribution in [2.24, 2.45) is 0 Å². The topological polar surface area (TPSA) is 121 Å². The van der Waals surface area contributed by atoms with Gasteiger partial charge in [-0.15, -0.1) is 0 Å². The van der Waals surface area contributed by atoms with Crippen LogP contribution in [-0.2, 0) is 6.42 Å². The van der Waals surface area contributed by atoms with Gasteiger partial charge in [-0.3, -0.25) is 10.1 Å². The number of allylic oxidation sites excluding steroid dienone is 1. The highest BCUT2D eigenvalue weighted by Gasteiger charge is 2.27. The van der Waals surface area contributed by atoms with E-state index < -0.39 is 4.92 Å². The van der Waals surface area contributed by atoms with E-state index in [1.807, 2.05) is 30.3 Å². The Morgan fingerprint density at radius 2 is 1.95 bits per heavy atom. The van der Waals surface area contributed by atoms with E-state index in [1.54, 1.807) is 0 Å². The van der Waals surface area contributed by atoms with Crippen LogP contribution in [0.1, 0.15) is 16.8 Å². The summed E-state index contributed by atoms with van der Waals surface area (Å²) in [6.45, 7) is 0. The van der Waals surface area contributed by atoms with Gasteiger partial charge in [0.1, 0.15) is 0 Å². The molecule has 0 spiro atoms. The second-order valence-electron chi connectivity index (χ2n) is 4.47. The molecule has 4 N–H and O–H groups in total. The van der Waals surface area contributed by atoms with Crippen molar-refractivity contribution < 1.29 is 4.92 Å². The first-order chi connectivity index (χ1) is 9.56. The van der Waals surface area contributed by atoms with Crippen LogP contribution in [0.3, 0.4) is 0 Å². The quantitative estimate of drug-likeness (QED) is 0.631. The molecule has 0 atom stereocenters. The van der Waals surface area contributed by atoms with Crippen LogP contribution in [0.15, 0.2) is 24.3 Å². The summed E-state index contributed by atoms with van der Waals surface area (Å²) < 4.78 is 0. The number of nitro groups is 1. The van der Waals surface area contributed by atoms with E-state index >= 15 is 0 Å². The van der Waals surface area contributed by atoms with E-state index in [0.717, 1.165) is 16.7 Å². The summed E-state index contributed by atoms with van der Waals surface area (Å²) in [6.07, 6.45) is 2.43. The zero-order valence-electron chi connectivity index (χ0n) is 10.4. The predicted octanol–water partition coefficient (Wildman–Crippen LogP) is 1.65. The molecule has 7 nitrogen and oxygen atoms in total. The number of nitrogen functional groups attached to an aromatic ring is 2. The van der Waals surface area contributed by atoms with Crippen LogP contribution in [0.4, 0.5) is 17.5 Å². The van der Waals surface area contributed by atoms with Crippen LogP contribution in [0.5, 0.6) is 0 Å². The Balaban J connectivity index is 2.16. The maximum atomic E-state index is 11.2. The van der Waals surface area contributed by atoms with Crippen molar-refractivity contribution in [1.29, 1.82) is 0 Å². The van der Waals surface area contributed by atoms with Crippen molar-refractivity contribution in [3.8, 4) is 0 Å². The number of benzene rings is 1. The largest absolute Gasteiger partial charge is 0.378 e. The van der Waals surface area contributed by atoms with Crippen LogP contribution < -0.4 is 11.5 Å². The lowest BCUT2D eigenvalue weighted by Crippen LogP contribution is -2.08. The van der Waals surface area contributed by atoms with E-state index in [9.17, 15) is 10.1 Å². The SMILES string of the molecule is Nc1nc(N)c([N+](=O)[O-])c(C2=Cc3ccccc3C2)n1. The van der Waals surface area contributed by atoms with Crippen LogP contribution in [0.25, 0.3) is 11.6 Å². The normalized spacial score (nSPS) is 12.9. The molecule has 0 saturated heterocycles. The summed E-state index contributed by atoms with van der Waals surface area (Å²) >= 11 is 0. The van der Waals surface area contributed by atoms with E-state index in [-0.39, 0.29) is 23.1 Å². The third kappa shape index (κ3) is 1.85. The van der Waals surface area contributed by atoms with Gasteiger partial charge in [0.05, 0.1) is 4.92 Å². The second kappa shape index (κ2) is 4.30. The number of aromatic nitrogens is 2. The minimum Gasteiger partial charge on any atom is -0.378 e. The number of fused-ring (bicyclic) bond motifs is 1. The number of hydrogen-bond donors (Lipinski definition) is 2. The molecule has 1 aromatic heterocycles. The average molecular weight is 269 g/mol. The van der Waals surface area contributed by atoms with Gasteiger partial charge in [0.2, 0.25) is 11.8 Å². The molecule has 1 aromatic carbocycles. The highest BCUT2D eigenvalue weighted by atomic mass is 16.6. The highest BCUT2D eigenvalue weighted by Crippen LogP contribution is 2.36. The first-order valence-corrected chi connectivity index (χ1v) is 5.92. The first kappa shape index (κ1) is 12.1. The average Bonchev–Trinajstić information content (AvgIpc) is 2.80. The van der Waals surface area contributed by atoms with Gasteiger partial charge in [0.25, 0.3) is 0 Å². The van der Waals surface area contributed by atoms with Gasteiger partial charge < -0.3 is 11.5 Å². The zero-order valence-corrected chi connectivity index (χ0v) is 10.4. The lowest BCUT2D eigenvalue weighted by molar-refractivity contribution is -0.384. The summed E-state index contributed by atoms with van der Waals surface area (Å²) in [5.74, 6) is -0.283. The fourth-order valence-corrected chi connectivity index (χ4v) is 2.33. The molecule has 3 rings (SSSR count). The Morgan fingerprint density at radius 3 is 2.65 bits per heavy atom. The molecule has 0 saturated carbocycles. The minimum atomic E-state index is -0.575. The minimum absolute atomic E-state index is 0.0695. The number of anilines is 2. The summed E-state index contributed by atoms with van der Waals surface area (Å²) in [7, 11) is 0. The van der Waals surface area contributed by atoms with Crippen molar-refractivity contribution in [2.45, 2.75) is 6.42 Å². The summed E-state index contributed by atoms with van der Waals surface area (Å²) in [5.41, 5.74) is 13.9. The molecule has 1 aliphatic rings. The molecule has 1 heterocycles. The molecule has 7 heteroatoms. The molecule has 2 aromatic rings. The number of nitrogens with two attached hydrogens (primary N) is 2. The molecule has 0 unspecified atom stereocenters. The van der Waals surface area contributed by atoms with Crippen molar-refractivity contribution in [3.05, 3.63) is 51.2 Å². The summed E-state index contributed by atoms with van der Waals surface area (Å²) in [6, 6.07) is 7.75. The Kier molecular flexibility index (Phi) is 2.60. The number of hydrogen-bond acceptors (Lipinski definition) is 6. The Hall–Kier alpha value is -2.96. The van der Waals surface area contributed by atoms with Crippen molar-refractivity contribution in [2.75, 3.05) is 11.5 Å². The molecule has 0 bridgehead atoms. The molecule has 0 amide bonds. The van der Waals surface area contributed by atoms with E-state index in [0.29, 0.717) is 6.42 Å². The molecular weight excluding hydrogens is 258 g/mol. The van der Waals surface area contributed by atoms with Gasteiger partial charge in [0.15, 0.2) is 5.69 Å². The summed E-state index contributed by atoms with van der Waals surface area (Å²) in [5, 5.41) is 11.2. The van der Waals surface area contributed by atoms with Gasteiger partial charge in [-0.25, -0.2) is 4.98 Å². The molecule has 1 aliphatic carbocycles. The van der Waals surface area contributed by atoms with Gasteiger partial charge >= 0.3 is 5.69 Å². The fourth-order valence-electron chi connectivity index (χ4n) is 2.33. The van der Waals surface area contributed by atoms with E-state index in [1.165, 1.54) is 0 Å². The van der Waals surface area contributed by atoms with Crippen molar-refractivity contribution in [1.82, 2.24) is 9.97 Å². The lowest BCUT2D eigenvalue weighted by atomic mass is 10.1. The first-order valence-electron chi connectivity index (χ1n) is 5.92. The molecule has 0 fully saturated rings. The van der Waals surface area contributed by atoms with Crippen LogP contribution in [0.2, 0.25) is 0 Å². The van der Waals surface area contributed by atoms with Gasteiger partial charge in [-0.2, -0.15) is 4.98 Å². The molecule has 20 heavy (non-hydrogen) atoms. The molecular formula is C13H11N5O2. The lowest BCUT2D eigenvalue weighted by Gasteiger charge is -2.05. The van der Waals surface area contributed by atoms with Crippen LogP contribution in [0, 0.1) is 10.1 Å². The monoisotopic (exact) mass is 269 g/mol. The van der Waals surface area contributed by atoms with Gasteiger partial charge in [-0.1, -0.05) is 24.3 Å². The van der Waals surface area contributed by atoms with Crippen molar-refractivity contribution in [3.63, 3.8) is 0 Å². The van der Waals surface area contributed by atoms with Gasteiger partial charge in [-0.05, 0) is 22.8 Å². The number of nitrogens with zero attached hydrogens (tertiary/aromatic N) is 3. The Morgan fingerprint density at radius 1 is 1.20 bits per heavy atom. The van der Waals surface area contributed by atoms with E-state index in [2.05, 4.69) is 9.97 Å².